The van der Waals surface area contributed by atoms with Gasteiger partial charge in [-0.2, -0.15) is 0 Å². The zero-order valence-electron chi connectivity index (χ0n) is 11.3. The van der Waals surface area contributed by atoms with Gasteiger partial charge in [0.05, 0.1) is 0 Å². The van der Waals surface area contributed by atoms with Gasteiger partial charge in [0.15, 0.2) is 5.96 Å². The van der Waals surface area contributed by atoms with Gasteiger partial charge in [0.1, 0.15) is 0 Å². The van der Waals surface area contributed by atoms with Crippen LogP contribution in [0.15, 0.2) is 17.6 Å². The molecule has 1 rings (SSSR count). The third-order valence-corrected chi connectivity index (χ3v) is 3.00. The van der Waals surface area contributed by atoms with Crippen LogP contribution in [0, 0.1) is 5.92 Å². The molecule has 1 N–H and O–H groups in total. The van der Waals surface area contributed by atoms with E-state index in [-0.39, 0.29) is 24.0 Å². The fraction of sp³-hybridized carbons (Fsp3) is 0.769. The molecule has 0 heterocycles. The Bertz CT molecular complexity index is 253. The third-order valence-electron chi connectivity index (χ3n) is 3.00. The highest BCUT2D eigenvalue weighted by molar-refractivity contribution is 14.0. The maximum Gasteiger partial charge on any atom is 0.193 e. The summed E-state index contributed by atoms with van der Waals surface area (Å²) < 4.78 is 0. The summed E-state index contributed by atoms with van der Waals surface area (Å²) in [6.45, 7) is 9.98. The third kappa shape index (κ3) is 6.29. The van der Waals surface area contributed by atoms with Crippen LogP contribution in [0.3, 0.4) is 0 Å². The summed E-state index contributed by atoms with van der Waals surface area (Å²) in [5.41, 5.74) is 0. The largest absolute Gasteiger partial charge is 0.353 e. The number of halogens is 1. The SMILES string of the molecule is C=CCCCN(C)C(=NCC)NC1CC1C.I. The van der Waals surface area contributed by atoms with Crippen molar-refractivity contribution in [1.29, 1.82) is 0 Å². The molecule has 4 heteroatoms. The Morgan fingerprint density at radius 3 is 2.71 bits per heavy atom. The topological polar surface area (TPSA) is 27.6 Å². The van der Waals surface area contributed by atoms with E-state index in [4.69, 9.17) is 0 Å². The van der Waals surface area contributed by atoms with Gasteiger partial charge in [-0.3, -0.25) is 4.99 Å². The van der Waals surface area contributed by atoms with E-state index in [0.717, 1.165) is 37.8 Å². The number of aliphatic imine (C=N–C) groups is 1. The number of rotatable bonds is 6. The minimum atomic E-state index is 0. The molecule has 17 heavy (non-hydrogen) atoms. The highest BCUT2D eigenvalue weighted by atomic mass is 127. The van der Waals surface area contributed by atoms with Crippen LogP contribution >= 0.6 is 24.0 Å². The van der Waals surface area contributed by atoms with Crippen LogP contribution in [0.25, 0.3) is 0 Å². The molecule has 3 nitrogen and oxygen atoms in total. The van der Waals surface area contributed by atoms with Crippen LogP contribution in [-0.4, -0.2) is 37.0 Å². The van der Waals surface area contributed by atoms with Crippen molar-refractivity contribution >= 4 is 29.9 Å². The first-order valence-corrected chi connectivity index (χ1v) is 6.32. The molecule has 0 aromatic rings. The fourth-order valence-corrected chi connectivity index (χ4v) is 1.69. The molecule has 1 fully saturated rings. The molecular weight excluding hydrogens is 325 g/mol. The number of allylic oxidation sites excluding steroid dienone is 1. The molecule has 0 amide bonds. The quantitative estimate of drug-likeness (QED) is 0.262. The van der Waals surface area contributed by atoms with Crippen LogP contribution in [0.2, 0.25) is 0 Å². The molecule has 1 aliphatic rings. The number of unbranched alkanes of at least 4 members (excludes halogenated alkanes) is 1. The summed E-state index contributed by atoms with van der Waals surface area (Å²) in [7, 11) is 2.11. The number of nitrogens with zero attached hydrogens (tertiary/aromatic N) is 2. The highest BCUT2D eigenvalue weighted by Crippen LogP contribution is 2.29. The molecule has 0 radical (unpaired) electrons. The Balaban J connectivity index is 0.00000256. The lowest BCUT2D eigenvalue weighted by atomic mass is 10.3. The zero-order valence-corrected chi connectivity index (χ0v) is 13.6. The number of hydrogen-bond donors (Lipinski definition) is 1. The Hall–Kier alpha value is -0.260. The van der Waals surface area contributed by atoms with Crippen LogP contribution in [0.4, 0.5) is 0 Å². The van der Waals surface area contributed by atoms with Gasteiger partial charge in [-0.25, -0.2) is 0 Å². The van der Waals surface area contributed by atoms with Crippen LogP contribution < -0.4 is 5.32 Å². The molecule has 1 saturated carbocycles. The van der Waals surface area contributed by atoms with E-state index >= 15 is 0 Å². The second-order valence-electron chi connectivity index (χ2n) is 4.61. The van der Waals surface area contributed by atoms with Crippen molar-refractivity contribution in [2.75, 3.05) is 20.1 Å². The summed E-state index contributed by atoms with van der Waals surface area (Å²) in [6, 6.07) is 0.646. The van der Waals surface area contributed by atoms with Crippen molar-refractivity contribution in [2.24, 2.45) is 10.9 Å². The van der Waals surface area contributed by atoms with Gasteiger partial charge in [-0.1, -0.05) is 13.0 Å². The van der Waals surface area contributed by atoms with Crippen molar-refractivity contribution in [3.63, 3.8) is 0 Å². The standard InChI is InChI=1S/C13H25N3.HI/c1-5-7-8-9-16(4)13(14-6-2)15-12-10-11(12)3;/h5,11-12H,1,6-10H2,2-4H3,(H,14,15);1H. The predicted octanol–water partition coefficient (Wildman–Crippen LogP) is 2.88. The molecular formula is C13H26IN3. The lowest BCUT2D eigenvalue weighted by Gasteiger charge is -2.22. The molecule has 100 valence electrons. The van der Waals surface area contributed by atoms with E-state index in [1.165, 1.54) is 6.42 Å². The van der Waals surface area contributed by atoms with E-state index in [1.54, 1.807) is 0 Å². The average molecular weight is 351 g/mol. The molecule has 0 aliphatic heterocycles. The summed E-state index contributed by atoms with van der Waals surface area (Å²) in [5, 5.41) is 3.52. The Morgan fingerprint density at radius 2 is 2.24 bits per heavy atom. The van der Waals surface area contributed by atoms with E-state index < -0.39 is 0 Å². The Morgan fingerprint density at radius 1 is 1.59 bits per heavy atom. The van der Waals surface area contributed by atoms with Gasteiger partial charge in [-0.15, -0.1) is 30.6 Å². The molecule has 0 aromatic carbocycles. The summed E-state index contributed by atoms with van der Waals surface area (Å²) in [6.07, 6.45) is 5.47. The minimum Gasteiger partial charge on any atom is -0.353 e. The Labute approximate surface area is 123 Å². The molecule has 1 aliphatic carbocycles. The molecule has 0 aromatic heterocycles. The first kappa shape index (κ1) is 16.7. The van der Waals surface area contributed by atoms with E-state index in [0.29, 0.717) is 6.04 Å². The van der Waals surface area contributed by atoms with Gasteiger partial charge in [0.2, 0.25) is 0 Å². The van der Waals surface area contributed by atoms with Crippen LogP contribution in [0.5, 0.6) is 0 Å². The number of guanidine groups is 1. The van der Waals surface area contributed by atoms with Crippen LogP contribution in [-0.2, 0) is 0 Å². The molecule has 2 atom stereocenters. The van der Waals surface area contributed by atoms with E-state index in [2.05, 4.69) is 42.7 Å². The first-order valence-electron chi connectivity index (χ1n) is 6.32. The zero-order chi connectivity index (χ0) is 12.0. The molecule has 2 unspecified atom stereocenters. The lowest BCUT2D eigenvalue weighted by molar-refractivity contribution is 0.466. The lowest BCUT2D eigenvalue weighted by Crippen LogP contribution is -2.41. The first-order chi connectivity index (χ1) is 7.69. The monoisotopic (exact) mass is 351 g/mol. The van der Waals surface area contributed by atoms with Gasteiger partial charge in [-0.05, 0) is 32.1 Å². The van der Waals surface area contributed by atoms with Gasteiger partial charge in [0, 0.05) is 26.2 Å². The smallest absolute Gasteiger partial charge is 0.193 e. The molecule has 0 bridgehead atoms. The van der Waals surface area contributed by atoms with Crippen molar-refractivity contribution in [1.82, 2.24) is 10.2 Å². The van der Waals surface area contributed by atoms with Crippen molar-refractivity contribution < 1.29 is 0 Å². The van der Waals surface area contributed by atoms with Crippen molar-refractivity contribution in [3.8, 4) is 0 Å². The maximum absolute atomic E-state index is 4.52. The van der Waals surface area contributed by atoms with Crippen molar-refractivity contribution in [3.05, 3.63) is 12.7 Å². The maximum atomic E-state index is 4.52. The van der Waals surface area contributed by atoms with Gasteiger partial charge < -0.3 is 10.2 Å². The second-order valence-corrected chi connectivity index (χ2v) is 4.61. The molecule has 0 saturated heterocycles. The van der Waals surface area contributed by atoms with E-state index in [9.17, 15) is 0 Å². The van der Waals surface area contributed by atoms with E-state index in [1.807, 2.05) is 6.08 Å². The average Bonchev–Trinajstić information content (AvgIpc) is 2.94. The number of nitrogens with one attached hydrogen (secondary N) is 1. The summed E-state index contributed by atoms with van der Waals surface area (Å²) in [5.74, 6) is 1.87. The number of hydrogen-bond acceptors (Lipinski definition) is 1. The highest BCUT2D eigenvalue weighted by Gasteiger charge is 2.33. The molecule has 0 spiro atoms. The second kappa shape index (κ2) is 8.78. The minimum absolute atomic E-state index is 0. The van der Waals surface area contributed by atoms with Gasteiger partial charge in [0.25, 0.3) is 0 Å². The van der Waals surface area contributed by atoms with Crippen LogP contribution in [0.1, 0.15) is 33.1 Å². The van der Waals surface area contributed by atoms with Gasteiger partial charge >= 0.3 is 0 Å². The van der Waals surface area contributed by atoms with Crippen molar-refractivity contribution in [2.45, 2.75) is 39.2 Å². The fourth-order valence-electron chi connectivity index (χ4n) is 1.69. The summed E-state index contributed by atoms with van der Waals surface area (Å²) >= 11 is 0. The summed E-state index contributed by atoms with van der Waals surface area (Å²) in [4.78, 5) is 6.74. The Kier molecular flexibility index (Phi) is 8.64. The normalized spacial score (nSPS) is 22.6. The predicted molar refractivity (Wildman–Crippen MR) is 86.2 cm³/mol.